The van der Waals surface area contributed by atoms with Crippen molar-refractivity contribution in [3.8, 4) is 0 Å². The van der Waals surface area contributed by atoms with Crippen molar-refractivity contribution in [3.05, 3.63) is 11.7 Å². The lowest BCUT2D eigenvalue weighted by molar-refractivity contribution is -0.120. The maximum absolute atomic E-state index is 11.5. The lowest BCUT2D eigenvalue weighted by Gasteiger charge is -2.01. The van der Waals surface area contributed by atoms with Gasteiger partial charge in [0.15, 0.2) is 5.82 Å². The van der Waals surface area contributed by atoms with Crippen LogP contribution in [0.5, 0.6) is 0 Å². The lowest BCUT2D eigenvalue weighted by Crippen LogP contribution is -2.07. The highest BCUT2D eigenvalue weighted by Gasteiger charge is 2.20. The van der Waals surface area contributed by atoms with E-state index in [-0.39, 0.29) is 11.7 Å². The molecule has 0 amide bonds. The molecule has 1 aromatic heterocycles. The van der Waals surface area contributed by atoms with Crippen LogP contribution in [0, 0.1) is 5.92 Å². The largest absolute Gasteiger partial charge is 0.339 e. The molecule has 0 fully saturated rings. The van der Waals surface area contributed by atoms with Crippen LogP contribution in [-0.4, -0.2) is 15.9 Å². The third kappa shape index (κ3) is 3.43. The molecule has 4 nitrogen and oxygen atoms in total. The summed E-state index contributed by atoms with van der Waals surface area (Å²) >= 11 is 0. The maximum atomic E-state index is 11.5. The van der Waals surface area contributed by atoms with E-state index in [2.05, 4.69) is 24.0 Å². The Bertz CT molecular complexity index is 345. The predicted octanol–water partition coefficient (Wildman–Crippen LogP) is 2.74. The van der Waals surface area contributed by atoms with E-state index in [1.165, 1.54) is 0 Å². The molecule has 0 radical (unpaired) electrons. The molecule has 4 heteroatoms. The first-order valence-corrected chi connectivity index (χ1v) is 5.89. The summed E-state index contributed by atoms with van der Waals surface area (Å²) in [4.78, 5) is 15.7. The van der Waals surface area contributed by atoms with Gasteiger partial charge in [0.2, 0.25) is 5.89 Å². The van der Waals surface area contributed by atoms with Crippen molar-refractivity contribution in [1.82, 2.24) is 10.1 Å². The Balaban J connectivity index is 2.60. The predicted molar refractivity (Wildman–Crippen MR) is 61.2 cm³/mol. The molecule has 16 heavy (non-hydrogen) atoms. The third-order valence-corrected chi connectivity index (χ3v) is 2.63. The van der Waals surface area contributed by atoms with E-state index < -0.39 is 0 Å². The molecule has 1 unspecified atom stereocenters. The SMILES string of the molecule is CCC(=O)C(C)c1nc(CCC(C)C)no1. The number of Topliss-reactive ketones (excluding diaryl/α,β-unsaturated/α-hetero) is 1. The molecule has 0 aromatic carbocycles. The van der Waals surface area contributed by atoms with Crippen molar-refractivity contribution in [2.45, 2.75) is 52.9 Å². The standard InChI is InChI=1S/C12H20N2O2/c1-5-10(15)9(4)12-13-11(14-16-12)7-6-8(2)3/h8-9H,5-7H2,1-4H3. The normalized spacial score (nSPS) is 13.1. The van der Waals surface area contributed by atoms with Gasteiger partial charge in [-0.3, -0.25) is 4.79 Å². The van der Waals surface area contributed by atoms with E-state index in [9.17, 15) is 4.79 Å². The summed E-state index contributed by atoms with van der Waals surface area (Å²) in [5.41, 5.74) is 0. The van der Waals surface area contributed by atoms with E-state index in [1.807, 2.05) is 13.8 Å². The molecule has 0 aliphatic rings. The fourth-order valence-corrected chi connectivity index (χ4v) is 1.41. The van der Waals surface area contributed by atoms with E-state index >= 15 is 0 Å². The molecule has 90 valence electrons. The summed E-state index contributed by atoms with van der Waals surface area (Å²) in [6, 6.07) is 0. The number of rotatable bonds is 6. The first kappa shape index (κ1) is 12.9. The van der Waals surface area contributed by atoms with Gasteiger partial charge in [0.05, 0.1) is 5.92 Å². The zero-order chi connectivity index (χ0) is 12.1. The molecular weight excluding hydrogens is 204 g/mol. The van der Waals surface area contributed by atoms with E-state index in [1.54, 1.807) is 0 Å². The van der Waals surface area contributed by atoms with Gasteiger partial charge in [0.25, 0.3) is 0 Å². The van der Waals surface area contributed by atoms with Crippen LogP contribution < -0.4 is 0 Å². The van der Waals surface area contributed by atoms with Gasteiger partial charge < -0.3 is 4.52 Å². The summed E-state index contributed by atoms with van der Waals surface area (Å²) in [5, 5.41) is 3.89. The second kappa shape index (κ2) is 5.77. The average molecular weight is 224 g/mol. The molecule has 0 bridgehead atoms. The monoisotopic (exact) mass is 224 g/mol. The third-order valence-electron chi connectivity index (χ3n) is 2.63. The minimum absolute atomic E-state index is 0.138. The number of carbonyl (C=O) groups is 1. The van der Waals surface area contributed by atoms with Gasteiger partial charge in [0, 0.05) is 12.8 Å². The fourth-order valence-electron chi connectivity index (χ4n) is 1.41. The van der Waals surface area contributed by atoms with E-state index in [0.717, 1.165) is 12.8 Å². The highest BCUT2D eigenvalue weighted by molar-refractivity contribution is 5.83. The summed E-state index contributed by atoms with van der Waals surface area (Å²) in [6.07, 6.45) is 2.36. The molecule has 0 saturated carbocycles. The first-order valence-electron chi connectivity index (χ1n) is 5.89. The summed E-state index contributed by atoms with van der Waals surface area (Å²) in [7, 11) is 0. The van der Waals surface area contributed by atoms with Crippen molar-refractivity contribution in [2.24, 2.45) is 5.92 Å². The number of hydrogen-bond donors (Lipinski definition) is 0. The molecule has 0 spiro atoms. The van der Waals surface area contributed by atoms with E-state index in [4.69, 9.17) is 4.52 Å². The van der Waals surface area contributed by atoms with Crippen LogP contribution in [0.25, 0.3) is 0 Å². The topological polar surface area (TPSA) is 56.0 Å². The second-order valence-corrected chi connectivity index (χ2v) is 4.52. The molecule has 0 aliphatic carbocycles. The van der Waals surface area contributed by atoms with Gasteiger partial charge in [-0.25, -0.2) is 0 Å². The van der Waals surface area contributed by atoms with Gasteiger partial charge >= 0.3 is 0 Å². The number of ketones is 1. The first-order chi connectivity index (χ1) is 7.54. The van der Waals surface area contributed by atoms with Crippen LogP contribution in [0.2, 0.25) is 0 Å². The second-order valence-electron chi connectivity index (χ2n) is 4.52. The number of carbonyl (C=O) groups excluding carboxylic acids is 1. The zero-order valence-corrected chi connectivity index (χ0v) is 10.5. The van der Waals surface area contributed by atoms with Crippen molar-refractivity contribution in [2.75, 3.05) is 0 Å². The Hall–Kier alpha value is -1.19. The molecule has 0 saturated heterocycles. The highest BCUT2D eigenvalue weighted by atomic mass is 16.5. The maximum Gasteiger partial charge on any atom is 0.236 e. The number of aromatic nitrogens is 2. The zero-order valence-electron chi connectivity index (χ0n) is 10.5. The number of hydrogen-bond acceptors (Lipinski definition) is 4. The number of nitrogens with zero attached hydrogens (tertiary/aromatic N) is 2. The summed E-state index contributed by atoms with van der Waals surface area (Å²) in [6.45, 7) is 7.97. The Morgan fingerprint density at radius 2 is 2.06 bits per heavy atom. The minimum atomic E-state index is -0.273. The average Bonchev–Trinajstić information content (AvgIpc) is 2.72. The van der Waals surface area contributed by atoms with Crippen LogP contribution >= 0.6 is 0 Å². The Labute approximate surface area is 96.4 Å². The summed E-state index contributed by atoms with van der Waals surface area (Å²) < 4.78 is 5.10. The van der Waals surface area contributed by atoms with Gasteiger partial charge in [0.1, 0.15) is 5.78 Å². The Kier molecular flexibility index (Phi) is 4.65. The smallest absolute Gasteiger partial charge is 0.236 e. The Morgan fingerprint density at radius 1 is 1.38 bits per heavy atom. The van der Waals surface area contributed by atoms with Crippen LogP contribution in [0.3, 0.4) is 0 Å². The summed E-state index contributed by atoms with van der Waals surface area (Å²) in [5.74, 6) is 1.64. The van der Waals surface area contributed by atoms with Gasteiger partial charge in [-0.2, -0.15) is 4.98 Å². The Morgan fingerprint density at radius 3 is 2.62 bits per heavy atom. The molecule has 1 atom stereocenters. The van der Waals surface area contributed by atoms with Crippen molar-refractivity contribution in [3.63, 3.8) is 0 Å². The number of aryl methyl sites for hydroxylation is 1. The van der Waals surface area contributed by atoms with Crippen LogP contribution in [-0.2, 0) is 11.2 Å². The molecule has 0 N–H and O–H groups in total. The molecular formula is C12H20N2O2. The van der Waals surface area contributed by atoms with Crippen LogP contribution in [0.15, 0.2) is 4.52 Å². The van der Waals surface area contributed by atoms with E-state index in [0.29, 0.717) is 24.1 Å². The quantitative estimate of drug-likeness (QED) is 0.745. The molecule has 1 rings (SSSR count). The van der Waals surface area contributed by atoms with Crippen molar-refractivity contribution < 1.29 is 9.32 Å². The van der Waals surface area contributed by atoms with Gasteiger partial charge in [-0.1, -0.05) is 25.9 Å². The highest BCUT2D eigenvalue weighted by Crippen LogP contribution is 2.16. The van der Waals surface area contributed by atoms with Crippen LogP contribution in [0.4, 0.5) is 0 Å². The lowest BCUT2D eigenvalue weighted by atomic mass is 10.0. The van der Waals surface area contributed by atoms with Gasteiger partial charge in [-0.05, 0) is 19.3 Å². The van der Waals surface area contributed by atoms with Gasteiger partial charge in [-0.15, -0.1) is 0 Å². The van der Waals surface area contributed by atoms with Crippen LogP contribution in [0.1, 0.15) is 58.2 Å². The molecule has 1 heterocycles. The van der Waals surface area contributed by atoms with Crippen molar-refractivity contribution in [1.29, 1.82) is 0 Å². The fraction of sp³-hybridized carbons (Fsp3) is 0.750. The van der Waals surface area contributed by atoms with Crippen molar-refractivity contribution >= 4 is 5.78 Å². The molecule has 0 aliphatic heterocycles. The molecule has 1 aromatic rings. The minimum Gasteiger partial charge on any atom is -0.339 e.